The fourth-order valence-corrected chi connectivity index (χ4v) is 1.71. The largest absolute Gasteiger partial charge is 0.547 e. The van der Waals surface area contributed by atoms with Crippen LogP contribution in [0.1, 0.15) is 58.8 Å². The second kappa shape index (κ2) is 12.7. The van der Waals surface area contributed by atoms with Gasteiger partial charge in [-0.05, 0) is 19.8 Å². The highest BCUT2D eigenvalue weighted by molar-refractivity contribution is 5.68. The zero-order chi connectivity index (χ0) is 15.2. The van der Waals surface area contributed by atoms with E-state index in [1.54, 1.807) is 0 Å². The molecule has 0 amide bonds. The van der Waals surface area contributed by atoms with Gasteiger partial charge in [0.1, 0.15) is 12.4 Å². The van der Waals surface area contributed by atoms with Crippen molar-refractivity contribution in [1.29, 1.82) is 0 Å². The molecule has 0 fully saturated rings. The molecule has 0 aliphatic carbocycles. The number of rotatable bonds is 9. The van der Waals surface area contributed by atoms with E-state index in [2.05, 4.69) is 22.7 Å². The summed E-state index contributed by atoms with van der Waals surface area (Å²) in [5.41, 5.74) is 0. The molecule has 1 atom stereocenters. The molecule has 5 nitrogen and oxygen atoms in total. The summed E-state index contributed by atoms with van der Waals surface area (Å²) in [6.07, 6.45) is 14.5. The number of unbranched alkanes of at least 4 members (excludes halogenated alkanes) is 6. The van der Waals surface area contributed by atoms with E-state index in [0.717, 1.165) is 13.5 Å². The van der Waals surface area contributed by atoms with Gasteiger partial charge in [0.15, 0.2) is 0 Å². The number of aliphatic hydroxyl groups is 1. The van der Waals surface area contributed by atoms with E-state index in [9.17, 15) is 9.90 Å². The van der Waals surface area contributed by atoms with Gasteiger partial charge < -0.3 is 15.0 Å². The molecule has 0 saturated heterocycles. The Bertz CT molecular complexity index is 324. The number of aryl methyl sites for hydroxylation is 1. The molecule has 0 spiro atoms. The lowest BCUT2D eigenvalue weighted by Gasteiger charge is -2.00. The van der Waals surface area contributed by atoms with Gasteiger partial charge >= 0.3 is 0 Å². The number of nitrogens with zero attached hydrogens (tertiary/aromatic N) is 1. The highest BCUT2D eigenvalue weighted by Gasteiger charge is 1.96. The van der Waals surface area contributed by atoms with Crippen molar-refractivity contribution in [3.05, 3.63) is 18.7 Å². The first-order valence-electron chi connectivity index (χ1n) is 7.48. The average molecular weight is 284 g/mol. The predicted molar refractivity (Wildman–Crippen MR) is 75.7 cm³/mol. The molecule has 1 aromatic heterocycles. The number of aromatic amines is 1. The highest BCUT2D eigenvalue weighted by Crippen LogP contribution is 2.06. The Balaban J connectivity index is 0.000000511. The number of imidazole rings is 1. The Morgan fingerprint density at radius 2 is 1.80 bits per heavy atom. The number of hydrogen-bond donors (Lipinski definition) is 2. The van der Waals surface area contributed by atoms with Gasteiger partial charge in [-0.15, -0.1) is 0 Å². The van der Waals surface area contributed by atoms with Gasteiger partial charge in [-0.3, -0.25) is 4.98 Å². The van der Waals surface area contributed by atoms with Crippen molar-refractivity contribution in [3.63, 3.8) is 0 Å². The maximum atomic E-state index is 9.34. The van der Waals surface area contributed by atoms with E-state index in [4.69, 9.17) is 5.11 Å². The molecule has 0 unspecified atom stereocenters. The first-order valence-corrected chi connectivity index (χ1v) is 7.48. The number of aliphatic hydroxyl groups excluding tert-OH is 1. The molecule has 0 aliphatic rings. The van der Waals surface area contributed by atoms with Crippen LogP contribution >= 0.6 is 0 Å². The van der Waals surface area contributed by atoms with E-state index >= 15 is 0 Å². The van der Waals surface area contributed by atoms with Gasteiger partial charge in [-0.1, -0.05) is 39.0 Å². The van der Waals surface area contributed by atoms with Gasteiger partial charge in [-0.25, -0.2) is 4.57 Å². The van der Waals surface area contributed by atoms with Gasteiger partial charge in [0.05, 0.1) is 18.6 Å². The third-order valence-corrected chi connectivity index (χ3v) is 2.96. The minimum Gasteiger partial charge on any atom is -0.547 e. The first-order chi connectivity index (χ1) is 9.57. The minimum atomic E-state index is -1.44. The molecule has 1 rings (SSSR count). The molecule has 1 aromatic rings. The van der Waals surface area contributed by atoms with Crippen LogP contribution in [0.5, 0.6) is 0 Å². The third kappa shape index (κ3) is 11.7. The number of carbonyl (C=O) groups excluding carboxylic acids is 1. The third-order valence-electron chi connectivity index (χ3n) is 2.96. The molecule has 5 heteroatoms. The number of carboxylic acids is 1. The smallest absolute Gasteiger partial charge is 0.241 e. The summed E-state index contributed by atoms with van der Waals surface area (Å²) >= 11 is 0. The molecule has 20 heavy (non-hydrogen) atoms. The summed E-state index contributed by atoms with van der Waals surface area (Å²) < 4.78 is 2.21. The summed E-state index contributed by atoms with van der Waals surface area (Å²) in [5, 5.41) is 17.3. The minimum absolute atomic E-state index is 1.13. The van der Waals surface area contributed by atoms with Crippen molar-refractivity contribution >= 4 is 5.97 Å². The van der Waals surface area contributed by atoms with Crippen LogP contribution in [0, 0.1) is 0 Å². The van der Waals surface area contributed by atoms with Gasteiger partial charge in [0.25, 0.3) is 0 Å². The second-order valence-corrected chi connectivity index (χ2v) is 4.97. The number of hydrogen-bond acceptors (Lipinski definition) is 3. The summed E-state index contributed by atoms with van der Waals surface area (Å²) in [6.45, 7) is 4.56. The molecule has 0 aliphatic heterocycles. The van der Waals surface area contributed by atoms with Crippen LogP contribution in [-0.4, -0.2) is 22.2 Å². The van der Waals surface area contributed by atoms with Gasteiger partial charge in [0.2, 0.25) is 6.33 Å². The Labute approximate surface area is 121 Å². The number of nitrogens with one attached hydrogen (secondary N) is 1. The SMILES string of the molecule is CCCCCCCCC[n+]1cc[nH]c1.C[C@H](O)C(=O)[O-]. The van der Waals surface area contributed by atoms with Crippen LogP contribution in [0.25, 0.3) is 0 Å². The van der Waals surface area contributed by atoms with Gasteiger partial charge in [0, 0.05) is 0 Å². The summed E-state index contributed by atoms with van der Waals surface area (Å²) in [6, 6.07) is 0. The van der Waals surface area contributed by atoms with E-state index < -0.39 is 12.1 Å². The zero-order valence-corrected chi connectivity index (χ0v) is 12.7. The number of carbonyl (C=O) groups is 1. The Morgan fingerprint density at radius 3 is 2.25 bits per heavy atom. The van der Waals surface area contributed by atoms with Gasteiger partial charge in [-0.2, -0.15) is 0 Å². The van der Waals surface area contributed by atoms with Crippen molar-refractivity contribution in [2.45, 2.75) is 71.4 Å². The standard InChI is InChI=1S/C12H22N2.C3H6O3/c1-2-3-4-5-6-7-8-10-14-11-9-13-12-14;1-2(4)3(5)6/h9,11-12H,2-8,10H2,1H3;2,4H,1H3,(H,5,6)/t;2-/m.0/s1. The van der Waals surface area contributed by atoms with Crippen LogP contribution in [-0.2, 0) is 11.3 Å². The number of carboxylic acid groups (broad SMARTS) is 1. The maximum absolute atomic E-state index is 9.34. The summed E-state index contributed by atoms with van der Waals surface area (Å²) in [4.78, 5) is 12.4. The van der Waals surface area contributed by atoms with Crippen LogP contribution < -0.4 is 9.67 Å². The van der Waals surface area contributed by atoms with Crippen molar-refractivity contribution in [2.75, 3.05) is 0 Å². The number of aromatic nitrogens is 2. The lowest BCUT2D eigenvalue weighted by atomic mass is 10.1. The number of H-pyrrole nitrogens is 1. The number of aliphatic carboxylic acids is 1. The monoisotopic (exact) mass is 284 g/mol. The fourth-order valence-electron chi connectivity index (χ4n) is 1.71. The average Bonchev–Trinajstić information content (AvgIpc) is 2.91. The van der Waals surface area contributed by atoms with Crippen LogP contribution in [0.4, 0.5) is 0 Å². The molecular formula is C15H28N2O3. The first kappa shape index (κ1) is 18.6. The molecule has 0 bridgehead atoms. The second-order valence-electron chi connectivity index (χ2n) is 4.97. The Kier molecular flexibility index (Phi) is 11.8. The van der Waals surface area contributed by atoms with Crippen LogP contribution in [0.15, 0.2) is 18.7 Å². The lowest BCUT2D eigenvalue weighted by Crippen LogP contribution is -2.32. The normalized spacial score (nSPS) is 11.6. The van der Waals surface area contributed by atoms with Crippen molar-refractivity contribution in [3.8, 4) is 0 Å². The molecule has 0 aromatic carbocycles. The molecule has 116 valence electrons. The Morgan fingerprint density at radius 1 is 1.25 bits per heavy atom. The van der Waals surface area contributed by atoms with Crippen molar-refractivity contribution in [2.24, 2.45) is 0 Å². The van der Waals surface area contributed by atoms with Crippen molar-refractivity contribution in [1.82, 2.24) is 4.98 Å². The lowest BCUT2D eigenvalue weighted by molar-refractivity contribution is -0.696. The van der Waals surface area contributed by atoms with Crippen molar-refractivity contribution < 1.29 is 19.6 Å². The summed E-state index contributed by atoms with van der Waals surface area (Å²) in [7, 11) is 0. The topological polar surface area (TPSA) is 80.0 Å². The highest BCUT2D eigenvalue weighted by atomic mass is 16.4. The van der Waals surface area contributed by atoms with E-state index in [0.29, 0.717) is 0 Å². The van der Waals surface area contributed by atoms with E-state index in [1.807, 2.05) is 12.5 Å². The Hall–Kier alpha value is -1.36. The molecule has 2 N–H and O–H groups in total. The van der Waals surface area contributed by atoms with Crippen LogP contribution in [0.2, 0.25) is 0 Å². The van der Waals surface area contributed by atoms with E-state index in [1.165, 1.54) is 44.9 Å². The maximum Gasteiger partial charge on any atom is 0.241 e. The zero-order valence-electron chi connectivity index (χ0n) is 12.7. The predicted octanol–water partition coefficient (Wildman–Crippen LogP) is 1.17. The molecule has 0 saturated carbocycles. The fraction of sp³-hybridized carbons (Fsp3) is 0.733. The van der Waals surface area contributed by atoms with Crippen LogP contribution in [0.3, 0.4) is 0 Å². The molecular weight excluding hydrogens is 256 g/mol. The molecule has 1 heterocycles. The molecule has 0 radical (unpaired) electrons. The summed E-state index contributed by atoms with van der Waals surface area (Å²) in [5.74, 6) is -1.44. The quantitative estimate of drug-likeness (QED) is 0.527. The van der Waals surface area contributed by atoms with E-state index in [-0.39, 0.29) is 0 Å².